The van der Waals surface area contributed by atoms with E-state index in [4.69, 9.17) is 5.11 Å². The number of nitrogens with zero attached hydrogens (tertiary/aromatic N) is 3. The molecule has 1 N–H and O–H groups in total. The lowest BCUT2D eigenvalue weighted by Crippen LogP contribution is -2.07. The van der Waals surface area contributed by atoms with Crippen LogP contribution in [0.15, 0.2) is 4.34 Å². The van der Waals surface area contributed by atoms with Crippen LogP contribution in [0.1, 0.15) is 0 Å². The molecule has 1 rings (SSSR count). The molecular weight excluding hydrogens is 194 g/mol. The second kappa shape index (κ2) is 4.64. The molecule has 12 heavy (non-hydrogen) atoms. The zero-order valence-corrected chi connectivity index (χ0v) is 8.65. The Hall–Kier alpha value is -0.330. The average Bonchev–Trinajstić information content (AvgIpc) is 2.48. The van der Waals surface area contributed by atoms with Gasteiger partial charge in [0.05, 0.1) is 6.61 Å². The minimum Gasteiger partial charge on any atom is -0.396 e. The predicted octanol–water partition coefficient (Wildman–Crippen LogP) is 0.688. The molecule has 0 radical (unpaired) electrons. The van der Waals surface area contributed by atoms with Crippen LogP contribution in [-0.2, 0) is 0 Å². The van der Waals surface area contributed by atoms with E-state index in [1.54, 1.807) is 0 Å². The zero-order valence-electron chi connectivity index (χ0n) is 7.02. The van der Waals surface area contributed by atoms with E-state index in [0.717, 1.165) is 9.47 Å². The summed E-state index contributed by atoms with van der Waals surface area (Å²) in [6.07, 6.45) is 0. The van der Waals surface area contributed by atoms with Crippen LogP contribution >= 0.6 is 23.1 Å². The van der Waals surface area contributed by atoms with Crippen molar-refractivity contribution < 1.29 is 5.11 Å². The number of hydrogen-bond donors (Lipinski definition) is 1. The Balaban J connectivity index is 2.52. The van der Waals surface area contributed by atoms with Gasteiger partial charge in [-0.1, -0.05) is 23.1 Å². The van der Waals surface area contributed by atoms with Gasteiger partial charge in [0.2, 0.25) is 5.13 Å². The maximum Gasteiger partial charge on any atom is 0.208 e. The summed E-state index contributed by atoms with van der Waals surface area (Å²) in [5, 5.41) is 17.4. The maximum absolute atomic E-state index is 8.57. The van der Waals surface area contributed by atoms with Crippen molar-refractivity contribution in [1.29, 1.82) is 0 Å². The molecule has 0 atom stereocenters. The third-order valence-electron chi connectivity index (χ3n) is 1.10. The highest BCUT2D eigenvalue weighted by molar-refractivity contribution is 8.01. The molecule has 1 aromatic rings. The molecule has 0 aromatic carbocycles. The van der Waals surface area contributed by atoms with Gasteiger partial charge in [-0.3, -0.25) is 0 Å². The van der Waals surface area contributed by atoms with Gasteiger partial charge in [0, 0.05) is 19.8 Å². The van der Waals surface area contributed by atoms with Crippen LogP contribution in [0, 0.1) is 0 Å². The molecule has 0 fully saturated rings. The zero-order chi connectivity index (χ0) is 8.97. The van der Waals surface area contributed by atoms with E-state index in [-0.39, 0.29) is 6.61 Å². The Bertz CT molecular complexity index is 238. The predicted molar refractivity (Wildman–Crippen MR) is 52.0 cm³/mol. The molecule has 0 saturated heterocycles. The molecule has 0 aliphatic heterocycles. The Kier molecular flexibility index (Phi) is 3.77. The lowest BCUT2D eigenvalue weighted by Gasteiger charge is -2.03. The van der Waals surface area contributed by atoms with Crippen LogP contribution in [0.5, 0.6) is 0 Å². The van der Waals surface area contributed by atoms with E-state index in [2.05, 4.69) is 10.2 Å². The molecule has 0 unspecified atom stereocenters. The normalized spacial score (nSPS) is 10.2. The van der Waals surface area contributed by atoms with E-state index in [1.807, 2.05) is 19.0 Å². The largest absolute Gasteiger partial charge is 0.396 e. The van der Waals surface area contributed by atoms with E-state index in [0.29, 0.717) is 5.75 Å². The minimum absolute atomic E-state index is 0.182. The summed E-state index contributed by atoms with van der Waals surface area (Å²) in [5.41, 5.74) is 0. The van der Waals surface area contributed by atoms with Crippen LogP contribution in [0.3, 0.4) is 0 Å². The first-order chi connectivity index (χ1) is 5.74. The second-order valence-electron chi connectivity index (χ2n) is 2.32. The number of aliphatic hydroxyl groups is 1. The van der Waals surface area contributed by atoms with Crippen LogP contribution in [0.4, 0.5) is 5.13 Å². The highest BCUT2D eigenvalue weighted by Gasteiger charge is 2.04. The molecular formula is C6H11N3OS2. The second-order valence-corrected chi connectivity index (χ2v) is 4.62. The summed E-state index contributed by atoms with van der Waals surface area (Å²) >= 11 is 3.06. The Morgan fingerprint density at radius 1 is 1.50 bits per heavy atom. The molecule has 0 bridgehead atoms. The van der Waals surface area contributed by atoms with E-state index in [9.17, 15) is 0 Å². The molecule has 0 saturated carbocycles. The fourth-order valence-electron chi connectivity index (χ4n) is 0.575. The summed E-state index contributed by atoms with van der Waals surface area (Å²) in [5.74, 6) is 0.683. The van der Waals surface area contributed by atoms with Crippen molar-refractivity contribution in [2.45, 2.75) is 4.34 Å². The molecule has 0 spiro atoms. The SMILES string of the molecule is CN(C)c1nnc(SCCO)s1. The van der Waals surface area contributed by atoms with Gasteiger partial charge in [-0.05, 0) is 0 Å². The van der Waals surface area contributed by atoms with Gasteiger partial charge >= 0.3 is 0 Å². The maximum atomic E-state index is 8.57. The summed E-state index contributed by atoms with van der Waals surface area (Å²) in [6.45, 7) is 0.182. The van der Waals surface area contributed by atoms with Gasteiger partial charge in [0.25, 0.3) is 0 Å². The molecule has 68 valence electrons. The standard InChI is InChI=1S/C6H11N3OS2/c1-9(2)5-7-8-6(12-5)11-4-3-10/h10H,3-4H2,1-2H3. The topological polar surface area (TPSA) is 49.2 Å². The Morgan fingerprint density at radius 3 is 2.75 bits per heavy atom. The molecule has 1 aromatic heterocycles. The first-order valence-corrected chi connectivity index (χ1v) is 5.28. The number of thioether (sulfide) groups is 1. The Labute approximate surface area is 79.6 Å². The summed E-state index contributed by atoms with van der Waals surface area (Å²) in [7, 11) is 3.86. The highest BCUT2D eigenvalue weighted by atomic mass is 32.2. The summed E-state index contributed by atoms with van der Waals surface area (Å²) in [4.78, 5) is 1.92. The van der Waals surface area contributed by atoms with E-state index >= 15 is 0 Å². The van der Waals surface area contributed by atoms with Crippen LogP contribution in [0.25, 0.3) is 0 Å². The van der Waals surface area contributed by atoms with Gasteiger partial charge in [-0.25, -0.2) is 0 Å². The number of hydrogen-bond acceptors (Lipinski definition) is 6. The number of anilines is 1. The van der Waals surface area contributed by atoms with Crippen molar-refractivity contribution in [3.05, 3.63) is 0 Å². The lowest BCUT2D eigenvalue weighted by molar-refractivity contribution is 0.322. The van der Waals surface area contributed by atoms with Crippen molar-refractivity contribution in [1.82, 2.24) is 10.2 Å². The molecule has 6 heteroatoms. The number of aliphatic hydroxyl groups excluding tert-OH is 1. The molecule has 0 amide bonds. The quantitative estimate of drug-likeness (QED) is 0.733. The van der Waals surface area contributed by atoms with E-state index in [1.165, 1.54) is 23.1 Å². The van der Waals surface area contributed by atoms with E-state index < -0.39 is 0 Å². The monoisotopic (exact) mass is 205 g/mol. The fourth-order valence-corrected chi connectivity index (χ4v) is 2.15. The van der Waals surface area contributed by atoms with Crippen molar-refractivity contribution in [2.24, 2.45) is 0 Å². The fraction of sp³-hybridized carbons (Fsp3) is 0.667. The van der Waals surface area contributed by atoms with Gasteiger partial charge in [-0.15, -0.1) is 10.2 Å². The third kappa shape index (κ3) is 2.62. The van der Waals surface area contributed by atoms with Crippen molar-refractivity contribution in [2.75, 3.05) is 31.4 Å². The van der Waals surface area contributed by atoms with Crippen molar-refractivity contribution >= 4 is 28.2 Å². The van der Waals surface area contributed by atoms with Gasteiger partial charge in [0.1, 0.15) is 0 Å². The van der Waals surface area contributed by atoms with Crippen LogP contribution < -0.4 is 4.90 Å². The summed E-state index contributed by atoms with van der Waals surface area (Å²) < 4.78 is 0.910. The van der Waals surface area contributed by atoms with Crippen molar-refractivity contribution in [3.63, 3.8) is 0 Å². The third-order valence-corrected chi connectivity index (χ3v) is 3.30. The number of aromatic nitrogens is 2. The van der Waals surface area contributed by atoms with Crippen LogP contribution in [-0.4, -0.2) is 41.8 Å². The Morgan fingerprint density at radius 2 is 2.25 bits per heavy atom. The lowest BCUT2D eigenvalue weighted by atomic mass is 10.9. The summed E-state index contributed by atoms with van der Waals surface area (Å²) in [6, 6.07) is 0. The van der Waals surface area contributed by atoms with Crippen LogP contribution in [0.2, 0.25) is 0 Å². The smallest absolute Gasteiger partial charge is 0.208 e. The molecule has 1 heterocycles. The molecule has 0 aliphatic carbocycles. The first-order valence-electron chi connectivity index (χ1n) is 3.48. The first kappa shape index (κ1) is 9.76. The van der Waals surface area contributed by atoms with Crippen molar-refractivity contribution in [3.8, 4) is 0 Å². The highest BCUT2D eigenvalue weighted by Crippen LogP contribution is 2.26. The van der Waals surface area contributed by atoms with Gasteiger partial charge < -0.3 is 10.0 Å². The number of rotatable bonds is 4. The van der Waals surface area contributed by atoms with Gasteiger partial charge in [0.15, 0.2) is 4.34 Å². The van der Waals surface area contributed by atoms with Gasteiger partial charge in [-0.2, -0.15) is 0 Å². The molecule has 0 aliphatic rings. The molecule has 4 nitrogen and oxygen atoms in total. The average molecular weight is 205 g/mol. The minimum atomic E-state index is 0.182.